The fourth-order valence-electron chi connectivity index (χ4n) is 3.61. The highest BCUT2D eigenvalue weighted by atomic mass is 19.1. The van der Waals surface area contributed by atoms with Crippen LogP contribution in [-0.2, 0) is 4.79 Å². The van der Waals surface area contributed by atoms with Gasteiger partial charge in [-0.2, -0.15) is 0 Å². The molecule has 2 aromatic rings. The van der Waals surface area contributed by atoms with E-state index in [2.05, 4.69) is 4.98 Å². The summed E-state index contributed by atoms with van der Waals surface area (Å²) < 4.78 is 13.7. The van der Waals surface area contributed by atoms with E-state index in [0.717, 1.165) is 18.5 Å². The Labute approximate surface area is 144 Å². The van der Waals surface area contributed by atoms with Crippen molar-refractivity contribution >= 4 is 22.8 Å². The van der Waals surface area contributed by atoms with Crippen LogP contribution in [0.25, 0.3) is 10.9 Å². The third-order valence-electron chi connectivity index (χ3n) is 5.23. The zero-order chi connectivity index (χ0) is 17.7. The third-order valence-corrected chi connectivity index (χ3v) is 5.23. The second-order valence-electron chi connectivity index (χ2n) is 7.16. The van der Waals surface area contributed by atoms with Crippen molar-refractivity contribution in [1.82, 2.24) is 9.88 Å². The Kier molecular flexibility index (Phi) is 3.71. The number of carboxylic acids is 1. The van der Waals surface area contributed by atoms with Gasteiger partial charge in [-0.05, 0) is 43.0 Å². The van der Waals surface area contributed by atoms with Crippen LogP contribution < -0.4 is 0 Å². The van der Waals surface area contributed by atoms with Crippen molar-refractivity contribution in [2.75, 3.05) is 13.1 Å². The second kappa shape index (κ2) is 5.79. The van der Waals surface area contributed by atoms with Crippen LogP contribution in [0.5, 0.6) is 0 Å². The summed E-state index contributed by atoms with van der Waals surface area (Å²) in [6, 6.07) is 6.04. The minimum absolute atomic E-state index is 0.103. The maximum atomic E-state index is 13.7. The van der Waals surface area contributed by atoms with Gasteiger partial charge in [-0.15, -0.1) is 0 Å². The summed E-state index contributed by atoms with van der Waals surface area (Å²) in [6.07, 6.45) is 2.10. The molecule has 6 heteroatoms. The molecule has 2 atom stereocenters. The van der Waals surface area contributed by atoms with Gasteiger partial charge in [-0.25, -0.2) is 4.39 Å². The predicted molar refractivity (Wildman–Crippen MR) is 89.9 cm³/mol. The lowest BCUT2D eigenvalue weighted by Gasteiger charge is -2.18. The number of fused-ring (bicyclic) bond motifs is 1. The molecule has 2 fully saturated rings. The standard InChI is InChI=1S/C19H19FN2O3/c1-10-8-22(9-15(10)19(24)25)18(23)14-7-17(11-2-3-11)21-16-5-4-12(20)6-13(14)16/h4-7,10-11,15H,2-3,8-9H2,1H3,(H,24,25)/t10-,15-/m1/s1. The molecule has 25 heavy (non-hydrogen) atoms. The van der Waals surface area contributed by atoms with E-state index in [9.17, 15) is 19.1 Å². The van der Waals surface area contributed by atoms with Crippen LogP contribution in [0.3, 0.4) is 0 Å². The average molecular weight is 342 g/mol. The molecule has 0 spiro atoms. The zero-order valence-corrected chi connectivity index (χ0v) is 13.9. The van der Waals surface area contributed by atoms with Gasteiger partial charge in [0.2, 0.25) is 0 Å². The Balaban J connectivity index is 1.76. The summed E-state index contributed by atoms with van der Waals surface area (Å²) in [5.74, 6) is -1.83. The Morgan fingerprint density at radius 1 is 1.24 bits per heavy atom. The number of likely N-dealkylation sites (tertiary alicyclic amines) is 1. The van der Waals surface area contributed by atoms with E-state index in [-0.39, 0.29) is 18.4 Å². The highest BCUT2D eigenvalue weighted by Crippen LogP contribution is 2.40. The lowest BCUT2D eigenvalue weighted by Crippen LogP contribution is -2.30. The molecule has 130 valence electrons. The van der Waals surface area contributed by atoms with Gasteiger partial charge in [0.1, 0.15) is 5.82 Å². The molecule has 1 aliphatic carbocycles. The Hall–Kier alpha value is -2.50. The number of aliphatic carboxylic acids is 1. The van der Waals surface area contributed by atoms with Crippen molar-refractivity contribution in [1.29, 1.82) is 0 Å². The van der Waals surface area contributed by atoms with Crippen LogP contribution >= 0.6 is 0 Å². The van der Waals surface area contributed by atoms with Gasteiger partial charge in [0.05, 0.1) is 17.0 Å². The summed E-state index contributed by atoms with van der Waals surface area (Å²) in [4.78, 5) is 30.5. The number of hydrogen-bond donors (Lipinski definition) is 1. The molecule has 0 radical (unpaired) electrons. The van der Waals surface area contributed by atoms with E-state index in [0.29, 0.717) is 28.9 Å². The first-order valence-electron chi connectivity index (χ1n) is 8.56. The highest BCUT2D eigenvalue weighted by Gasteiger charge is 2.38. The molecule has 1 saturated carbocycles. The molecule has 1 N–H and O–H groups in total. The minimum Gasteiger partial charge on any atom is -0.481 e. The minimum atomic E-state index is -0.882. The summed E-state index contributed by atoms with van der Waals surface area (Å²) in [5.41, 5.74) is 1.89. The van der Waals surface area contributed by atoms with Gasteiger partial charge in [0, 0.05) is 30.1 Å². The van der Waals surface area contributed by atoms with Crippen molar-refractivity contribution in [2.45, 2.75) is 25.7 Å². The molecule has 1 saturated heterocycles. The number of nitrogens with zero attached hydrogens (tertiary/aromatic N) is 2. The maximum Gasteiger partial charge on any atom is 0.308 e. The lowest BCUT2D eigenvalue weighted by atomic mass is 9.99. The number of rotatable bonds is 3. The smallest absolute Gasteiger partial charge is 0.308 e. The number of benzene rings is 1. The van der Waals surface area contributed by atoms with Crippen molar-refractivity contribution in [3.8, 4) is 0 Å². The quantitative estimate of drug-likeness (QED) is 0.931. The first-order valence-corrected chi connectivity index (χ1v) is 8.56. The van der Waals surface area contributed by atoms with Gasteiger partial charge in [-0.3, -0.25) is 14.6 Å². The van der Waals surface area contributed by atoms with Gasteiger partial charge in [0.25, 0.3) is 5.91 Å². The molecule has 1 aromatic heterocycles. The van der Waals surface area contributed by atoms with E-state index >= 15 is 0 Å². The van der Waals surface area contributed by atoms with Crippen molar-refractivity contribution < 1.29 is 19.1 Å². The summed E-state index contributed by atoms with van der Waals surface area (Å²) in [6.45, 7) is 2.42. The van der Waals surface area contributed by atoms with E-state index in [4.69, 9.17) is 0 Å². The fourth-order valence-corrected chi connectivity index (χ4v) is 3.61. The van der Waals surface area contributed by atoms with Gasteiger partial charge >= 0.3 is 5.97 Å². The van der Waals surface area contributed by atoms with Gasteiger partial charge in [0.15, 0.2) is 0 Å². The van der Waals surface area contributed by atoms with Crippen molar-refractivity contribution in [3.05, 3.63) is 41.3 Å². The van der Waals surface area contributed by atoms with Crippen LogP contribution in [0.15, 0.2) is 24.3 Å². The number of carboxylic acid groups (broad SMARTS) is 1. The van der Waals surface area contributed by atoms with Crippen molar-refractivity contribution in [3.63, 3.8) is 0 Å². The zero-order valence-electron chi connectivity index (χ0n) is 13.9. The normalized spacial score (nSPS) is 23.2. The predicted octanol–water partition coefficient (Wildman–Crippen LogP) is 3.04. The van der Waals surface area contributed by atoms with Crippen LogP contribution in [0.4, 0.5) is 4.39 Å². The monoisotopic (exact) mass is 342 g/mol. The topological polar surface area (TPSA) is 70.5 Å². The number of carbonyl (C=O) groups excluding carboxylic acids is 1. The number of amides is 1. The van der Waals surface area contributed by atoms with Crippen LogP contribution in [0.1, 0.15) is 41.7 Å². The fraction of sp³-hybridized carbons (Fsp3) is 0.421. The molecule has 2 aliphatic rings. The van der Waals surface area contributed by atoms with Gasteiger partial charge in [-0.1, -0.05) is 6.92 Å². The molecule has 1 amide bonds. The van der Waals surface area contributed by atoms with Crippen molar-refractivity contribution in [2.24, 2.45) is 11.8 Å². The van der Waals surface area contributed by atoms with Crippen LogP contribution in [0.2, 0.25) is 0 Å². The molecule has 2 heterocycles. The largest absolute Gasteiger partial charge is 0.481 e. The SMILES string of the molecule is C[C@@H]1CN(C(=O)c2cc(C3CC3)nc3ccc(F)cc23)C[C@H]1C(=O)O. The van der Waals surface area contributed by atoms with Gasteiger partial charge < -0.3 is 10.0 Å². The average Bonchev–Trinajstić information content (AvgIpc) is 3.35. The first-order chi connectivity index (χ1) is 11.9. The van der Waals surface area contributed by atoms with E-state index in [1.165, 1.54) is 12.1 Å². The number of halogens is 1. The number of aromatic nitrogens is 1. The highest BCUT2D eigenvalue weighted by molar-refractivity contribution is 6.06. The number of hydrogen-bond acceptors (Lipinski definition) is 3. The van der Waals surface area contributed by atoms with Crippen LogP contribution in [0, 0.1) is 17.7 Å². The molecule has 1 aromatic carbocycles. The Morgan fingerprint density at radius 2 is 2.00 bits per heavy atom. The molecule has 0 unspecified atom stereocenters. The van der Waals surface area contributed by atoms with Crippen LogP contribution in [-0.4, -0.2) is 40.0 Å². The van der Waals surface area contributed by atoms with E-state index in [1.807, 2.05) is 6.92 Å². The number of carbonyl (C=O) groups is 2. The maximum absolute atomic E-state index is 13.7. The van der Waals surface area contributed by atoms with E-state index in [1.54, 1.807) is 17.0 Å². The Bertz CT molecular complexity index is 878. The summed E-state index contributed by atoms with van der Waals surface area (Å²) in [7, 11) is 0. The van der Waals surface area contributed by atoms with E-state index < -0.39 is 17.7 Å². The molecule has 0 bridgehead atoms. The molecular formula is C19H19FN2O3. The first kappa shape index (κ1) is 16.0. The Morgan fingerprint density at radius 3 is 2.64 bits per heavy atom. The molecule has 4 rings (SSSR count). The molecule has 1 aliphatic heterocycles. The molecule has 5 nitrogen and oxygen atoms in total. The number of pyridine rings is 1. The second-order valence-corrected chi connectivity index (χ2v) is 7.16. The third kappa shape index (κ3) is 2.86. The molecular weight excluding hydrogens is 323 g/mol. The summed E-state index contributed by atoms with van der Waals surface area (Å²) in [5, 5.41) is 9.78. The lowest BCUT2D eigenvalue weighted by molar-refractivity contribution is -0.142. The summed E-state index contributed by atoms with van der Waals surface area (Å²) >= 11 is 0.